The summed E-state index contributed by atoms with van der Waals surface area (Å²) in [4.78, 5) is 11.1. The molecule has 0 heterocycles. The molecule has 0 spiro atoms. The van der Waals surface area contributed by atoms with E-state index in [0.717, 1.165) is 11.3 Å². The second-order valence-corrected chi connectivity index (χ2v) is 5.95. The van der Waals surface area contributed by atoms with Crippen LogP contribution in [0.2, 0.25) is 0 Å². The van der Waals surface area contributed by atoms with Gasteiger partial charge in [0.25, 0.3) is 0 Å². The molecular formula is C19H22O5. The zero-order chi connectivity index (χ0) is 17.6. The van der Waals surface area contributed by atoms with Crippen LogP contribution in [0, 0.1) is 0 Å². The number of aliphatic carboxylic acids is 1. The maximum absolute atomic E-state index is 11.1. The average Bonchev–Trinajstić information content (AvgIpc) is 2.56. The van der Waals surface area contributed by atoms with E-state index in [0.29, 0.717) is 18.8 Å². The predicted molar refractivity (Wildman–Crippen MR) is 90.3 cm³/mol. The molecule has 0 saturated carbocycles. The maximum atomic E-state index is 11.1. The molecule has 128 valence electrons. The van der Waals surface area contributed by atoms with Crippen molar-refractivity contribution in [2.24, 2.45) is 0 Å². The van der Waals surface area contributed by atoms with Crippen molar-refractivity contribution >= 4 is 5.97 Å². The highest BCUT2D eigenvalue weighted by Gasteiger charge is 2.29. The van der Waals surface area contributed by atoms with Crippen LogP contribution >= 0.6 is 0 Å². The summed E-state index contributed by atoms with van der Waals surface area (Å²) in [5.41, 5.74) is -0.573. The number of carboxylic acids is 1. The molecule has 2 N–H and O–H groups in total. The zero-order valence-electron chi connectivity index (χ0n) is 13.8. The van der Waals surface area contributed by atoms with E-state index in [4.69, 9.17) is 14.6 Å². The predicted octanol–water partition coefficient (Wildman–Crippen LogP) is 3.43. The van der Waals surface area contributed by atoms with E-state index >= 15 is 0 Å². The van der Waals surface area contributed by atoms with Gasteiger partial charge in [-0.3, -0.25) is 0 Å². The van der Waals surface area contributed by atoms with E-state index in [1.165, 1.54) is 13.8 Å². The van der Waals surface area contributed by atoms with E-state index in [1.54, 1.807) is 24.3 Å². The topological polar surface area (TPSA) is 76.0 Å². The molecule has 2 aromatic rings. The Morgan fingerprint density at radius 2 is 1.67 bits per heavy atom. The third-order valence-corrected chi connectivity index (χ3v) is 3.56. The van der Waals surface area contributed by atoms with Gasteiger partial charge in [-0.05, 0) is 43.7 Å². The summed E-state index contributed by atoms with van der Waals surface area (Å²) in [5, 5.41) is 19.3. The van der Waals surface area contributed by atoms with E-state index < -0.39 is 17.7 Å². The van der Waals surface area contributed by atoms with Gasteiger partial charge in [0.2, 0.25) is 0 Å². The van der Waals surface area contributed by atoms with Gasteiger partial charge in [-0.2, -0.15) is 0 Å². The maximum Gasteiger partial charge on any atom is 0.347 e. The van der Waals surface area contributed by atoms with Crippen LogP contribution in [0.25, 0.3) is 0 Å². The fourth-order valence-electron chi connectivity index (χ4n) is 2.07. The monoisotopic (exact) mass is 330 g/mol. The first-order valence-electron chi connectivity index (χ1n) is 7.77. The second-order valence-electron chi connectivity index (χ2n) is 5.95. The molecule has 0 fully saturated rings. The summed E-state index contributed by atoms with van der Waals surface area (Å²) in [5.74, 6) is 0.174. The van der Waals surface area contributed by atoms with Gasteiger partial charge in [0.15, 0.2) is 5.60 Å². The fourth-order valence-corrected chi connectivity index (χ4v) is 2.07. The molecule has 0 saturated heterocycles. The van der Waals surface area contributed by atoms with Crippen molar-refractivity contribution in [3.63, 3.8) is 0 Å². The molecule has 0 aliphatic carbocycles. The molecule has 0 radical (unpaired) electrons. The minimum atomic E-state index is -1.30. The Morgan fingerprint density at radius 1 is 1.04 bits per heavy atom. The fraction of sp³-hybridized carbons (Fsp3) is 0.316. The van der Waals surface area contributed by atoms with Crippen molar-refractivity contribution in [2.75, 3.05) is 6.61 Å². The highest BCUT2D eigenvalue weighted by atomic mass is 16.5. The molecule has 2 rings (SSSR count). The number of rotatable bonds is 8. The third kappa shape index (κ3) is 4.99. The van der Waals surface area contributed by atoms with Crippen molar-refractivity contribution in [1.82, 2.24) is 0 Å². The zero-order valence-corrected chi connectivity index (χ0v) is 13.8. The van der Waals surface area contributed by atoms with Crippen molar-refractivity contribution in [1.29, 1.82) is 0 Å². The van der Waals surface area contributed by atoms with Gasteiger partial charge >= 0.3 is 5.97 Å². The van der Waals surface area contributed by atoms with Gasteiger partial charge in [0.1, 0.15) is 11.5 Å². The molecule has 0 aliphatic rings. The number of hydrogen-bond donors (Lipinski definition) is 2. The van der Waals surface area contributed by atoms with Crippen molar-refractivity contribution in [3.8, 4) is 11.5 Å². The summed E-state index contributed by atoms with van der Waals surface area (Å²) in [7, 11) is 0. The van der Waals surface area contributed by atoms with Crippen LogP contribution in [-0.2, 0) is 4.79 Å². The third-order valence-electron chi connectivity index (χ3n) is 3.56. The lowest BCUT2D eigenvalue weighted by molar-refractivity contribution is -0.152. The Labute approximate surface area is 141 Å². The van der Waals surface area contributed by atoms with E-state index in [9.17, 15) is 9.90 Å². The number of carboxylic acid groups (broad SMARTS) is 1. The number of benzene rings is 2. The van der Waals surface area contributed by atoms with Crippen LogP contribution in [0.15, 0.2) is 54.6 Å². The molecule has 0 aliphatic heterocycles. The summed E-state index contributed by atoms with van der Waals surface area (Å²) < 4.78 is 11.0. The molecule has 5 heteroatoms. The lowest BCUT2D eigenvalue weighted by Gasteiger charge is -2.21. The number of ether oxygens (including phenoxy) is 2. The molecular weight excluding hydrogens is 308 g/mol. The Morgan fingerprint density at radius 3 is 2.25 bits per heavy atom. The number of aliphatic hydroxyl groups excluding tert-OH is 1. The van der Waals surface area contributed by atoms with Gasteiger partial charge in [0, 0.05) is 6.42 Å². The Bertz CT molecular complexity index is 649. The molecule has 2 aromatic carbocycles. The second kappa shape index (κ2) is 7.84. The SMILES string of the molecule is CC(C)(Oc1ccc(C(O)CCOc2ccccc2)cc1)C(=O)O. The quantitative estimate of drug-likeness (QED) is 0.775. The average molecular weight is 330 g/mol. The highest BCUT2D eigenvalue weighted by Crippen LogP contribution is 2.23. The Balaban J connectivity index is 1.87. The number of hydrogen-bond acceptors (Lipinski definition) is 4. The molecule has 0 aromatic heterocycles. The first kappa shape index (κ1) is 17.8. The minimum Gasteiger partial charge on any atom is -0.493 e. The summed E-state index contributed by atoms with van der Waals surface area (Å²) >= 11 is 0. The van der Waals surface area contributed by atoms with Gasteiger partial charge in [0.05, 0.1) is 12.7 Å². The van der Waals surface area contributed by atoms with Crippen molar-refractivity contribution in [2.45, 2.75) is 32.0 Å². The normalized spacial score (nSPS) is 12.5. The van der Waals surface area contributed by atoms with Crippen molar-refractivity contribution < 1.29 is 24.5 Å². The van der Waals surface area contributed by atoms with Crippen molar-refractivity contribution in [3.05, 3.63) is 60.2 Å². The van der Waals surface area contributed by atoms with Crippen LogP contribution in [0.1, 0.15) is 31.9 Å². The van der Waals surface area contributed by atoms with Gasteiger partial charge in [-0.1, -0.05) is 30.3 Å². The number of para-hydroxylation sites is 1. The summed E-state index contributed by atoms with van der Waals surface area (Å²) in [6.45, 7) is 3.37. The van der Waals surface area contributed by atoms with Gasteiger partial charge in [-0.25, -0.2) is 4.79 Å². The Hall–Kier alpha value is -2.53. The molecule has 0 amide bonds. The number of aliphatic hydroxyl groups is 1. The molecule has 1 atom stereocenters. The summed E-state index contributed by atoms with van der Waals surface area (Å²) in [6, 6.07) is 16.2. The summed E-state index contributed by atoms with van der Waals surface area (Å²) in [6.07, 6.45) is -0.203. The minimum absolute atomic E-state index is 0.398. The van der Waals surface area contributed by atoms with E-state index in [1.807, 2.05) is 30.3 Å². The van der Waals surface area contributed by atoms with Crippen LogP contribution in [0.3, 0.4) is 0 Å². The highest BCUT2D eigenvalue weighted by molar-refractivity contribution is 5.76. The molecule has 1 unspecified atom stereocenters. The Kier molecular flexibility index (Phi) is 5.82. The number of carbonyl (C=O) groups is 1. The lowest BCUT2D eigenvalue weighted by atomic mass is 10.1. The molecule has 0 bridgehead atoms. The largest absolute Gasteiger partial charge is 0.493 e. The smallest absolute Gasteiger partial charge is 0.347 e. The first-order chi connectivity index (χ1) is 11.4. The van der Waals surface area contributed by atoms with Crippen LogP contribution in [0.5, 0.6) is 11.5 Å². The van der Waals surface area contributed by atoms with Crippen LogP contribution in [-0.4, -0.2) is 28.4 Å². The van der Waals surface area contributed by atoms with Gasteiger partial charge < -0.3 is 19.7 Å². The molecule has 24 heavy (non-hydrogen) atoms. The first-order valence-corrected chi connectivity index (χ1v) is 7.77. The van der Waals surface area contributed by atoms with Gasteiger partial charge in [-0.15, -0.1) is 0 Å². The standard InChI is InChI=1S/C19H22O5/c1-19(2,18(21)22)24-16-10-8-14(9-11-16)17(20)12-13-23-15-6-4-3-5-7-15/h3-11,17,20H,12-13H2,1-2H3,(H,21,22). The lowest BCUT2D eigenvalue weighted by Crippen LogP contribution is -2.37. The molecule has 5 nitrogen and oxygen atoms in total. The van der Waals surface area contributed by atoms with Crippen LogP contribution < -0.4 is 9.47 Å². The van der Waals surface area contributed by atoms with E-state index in [-0.39, 0.29) is 0 Å². The van der Waals surface area contributed by atoms with E-state index in [2.05, 4.69) is 0 Å². The van der Waals surface area contributed by atoms with Crippen LogP contribution in [0.4, 0.5) is 0 Å².